The van der Waals surface area contributed by atoms with E-state index in [2.05, 4.69) is 54.7 Å². The van der Waals surface area contributed by atoms with E-state index in [-0.39, 0.29) is 12.6 Å². The van der Waals surface area contributed by atoms with Crippen LogP contribution in [-0.4, -0.2) is 59.4 Å². The van der Waals surface area contributed by atoms with Crippen molar-refractivity contribution in [1.82, 2.24) is 25.5 Å². The molecule has 0 aliphatic carbocycles. The maximum Gasteiger partial charge on any atom is 0.309 e. The van der Waals surface area contributed by atoms with E-state index < -0.39 is 11.8 Å². The van der Waals surface area contributed by atoms with Crippen LogP contribution in [0.15, 0.2) is 79.3 Å². The van der Waals surface area contributed by atoms with Gasteiger partial charge in [-0.2, -0.15) is 0 Å². The molecule has 1 aliphatic rings. The molecule has 2 amide bonds. The van der Waals surface area contributed by atoms with Gasteiger partial charge in [-0.15, -0.1) is 0 Å². The quantitative estimate of drug-likeness (QED) is 0.540. The van der Waals surface area contributed by atoms with Gasteiger partial charge in [-0.1, -0.05) is 30.3 Å². The number of nitrogens with one attached hydrogen (secondary N) is 2. The van der Waals surface area contributed by atoms with Crippen LogP contribution in [0.5, 0.6) is 0 Å². The number of hydrogen-bond donors (Lipinski definition) is 2. The van der Waals surface area contributed by atoms with E-state index in [0.29, 0.717) is 12.2 Å². The summed E-state index contributed by atoms with van der Waals surface area (Å²) < 4.78 is 0. The van der Waals surface area contributed by atoms with Crippen LogP contribution >= 0.6 is 0 Å². The van der Waals surface area contributed by atoms with Crippen molar-refractivity contribution in [3.63, 3.8) is 0 Å². The summed E-state index contributed by atoms with van der Waals surface area (Å²) >= 11 is 0. The molecule has 0 unspecified atom stereocenters. The number of rotatable bonds is 7. The Morgan fingerprint density at radius 3 is 2.30 bits per heavy atom. The Hall–Kier alpha value is -3.78. The normalized spacial score (nSPS) is 15.0. The SMILES string of the molecule is O=C(NCc1ccccn1)C(=O)NC[C@@H](c1cccnc1)N1CCN(c2ccccc2)CC1. The number of carbonyl (C=O) groups excluding carboxylic acids is 2. The third-order valence-corrected chi connectivity index (χ3v) is 5.76. The van der Waals surface area contributed by atoms with Crippen LogP contribution in [0.3, 0.4) is 0 Å². The summed E-state index contributed by atoms with van der Waals surface area (Å²) in [6, 6.07) is 19.6. The van der Waals surface area contributed by atoms with Gasteiger partial charge >= 0.3 is 11.8 Å². The molecule has 33 heavy (non-hydrogen) atoms. The van der Waals surface area contributed by atoms with Crippen molar-refractivity contribution in [3.05, 3.63) is 90.5 Å². The molecule has 2 N–H and O–H groups in total. The van der Waals surface area contributed by atoms with E-state index in [0.717, 1.165) is 31.7 Å². The summed E-state index contributed by atoms with van der Waals surface area (Å²) in [5, 5.41) is 5.42. The highest BCUT2D eigenvalue weighted by molar-refractivity contribution is 6.35. The van der Waals surface area contributed by atoms with Crippen molar-refractivity contribution in [2.45, 2.75) is 12.6 Å². The molecule has 1 aromatic carbocycles. The topological polar surface area (TPSA) is 90.5 Å². The summed E-state index contributed by atoms with van der Waals surface area (Å²) in [5.41, 5.74) is 2.93. The number of pyridine rings is 2. The summed E-state index contributed by atoms with van der Waals surface area (Å²) in [4.78, 5) is 37.8. The fourth-order valence-corrected chi connectivity index (χ4v) is 3.98. The van der Waals surface area contributed by atoms with Gasteiger partial charge in [-0.3, -0.25) is 24.5 Å². The number of benzene rings is 1. The van der Waals surface area contributed by atoms with Gasteiger partial charge in [0.25, 0.3) is 0 Å². The van der Waals surface area contributed by atoms with Gasteiger partial charge in [0, 0.05) is 57.0 Å². The van der Waals surface area contributed by atoms with Gasteiger partial charge in [0.15, 0.2) is 0 Å². The molecule has 1 atom stereocenters. The minimum atomic E-state index is -0.667. The Bertz CT molecular complexity index is 1020. The minimum absolute atomic E-state index is 0.0656. The molecule has 0 spiro atoms. The molecule has 0 saturated carbocycles. The Morgan fingerprint density at radius 2 is 1.61 bits per heavy atom. The maximum absolute atomic E-state index is 12.4. The molecule has 8 nitrogen and oxygen atoms in total. The fourth-order valence-electron chi connectivity index (χ4n) is 3.98. The zero-order valence-corrected chi connectivity index (χ0v) is 18.4. The zero-order chi connectivity index (χ0) is 22.9. The second kappa shape index (κ2) is 11.2. The van der Waals surface area contributed by atoms with Gasteiger partial charge in [0.05, 0.1) is 18.3 Å². The maximum atomic E-state index is 12.4. The third-order valence-electron chi connectivity index (χ3n) is 5.76. The number of hydrogen-bond acceptors (Lipinski definition) is 6. The first-order valence-corrected chi connectivity index (χ1v) is 11.1. The van der Waals surface area contributed by atoms with Gasteiger partial charge < -0.3 is 15.5 Å². The van der Waals surface area contributed by atoms with Crippen LogP contribution in [0.2, 0.25) is 0 Å². The smallest absolute Gasteiger partial charge is 0.309 e. The molecule has 1 fully saturated rings. The average Bonchev–Trinajstić information content (AvgIpc) is 2.89. The largest absolute Gasteiger partial charge is 0.369 e. The number of nitrogens with zero attached hydrogens (tertiary/aromatic N) is 4. The van der Waals surface area contributed by atoms with Gasteiger partial charge in [0.1, 0.15) is 0 Å². The van der Waals surface area contributed by atoms with Crippen molar-refractivity contribution < 1.29 is 9.59 Å². The number of anilines is 1. The Kier molecular flexibility index (Phi) is 7.60. The van der Waals surface area contributed by atoms with Crippen LogP contribution < -0.4 is 15.5 Å². The lowest BCUT2D eigenvalue weighted by molar-refractivity contribution is -0.139. The first-order valence-electron chi connectivity index (χ1n) is 11.1. The van der Waals surface area contributed by atoms with E-state index in [4.69, 9.17) is 0 Å². The van der Waals surface area contributed by atoms with Gasteiger partial charge in [-0.25, -0.2) is 0 Å². The van der Waals surface area contributed by atoms with Crippen LogP contribution in [0.4, 0.5) is 5.69 Å². The van der Waals surface area contributed by atoms with E-state index in [1.807, 2.05) is 30.5 Å². The van der Waals surface area contributed by atoms with Gasteiger partial charge in [-0.05, 0) is 35.9 Å². The van der Waals surface area contributed by atoms with E-state index in [9.17, 15) is 9.59 Å². The first kappa shape index (κ1) is 22.4. The monoisotopic (exact) mass is 444 g/mol. The minimum Gasteiger partial charge on any atom is -0.369 e. The lowest BCUT2D eigenvalue weighted by atomic mass is 10.1. The van der Waals surface area contributed by atoms with Crippen molar-refractivity contribution in [3.8, 4) is 0 Å². The highest BCUT2D eigenvalue weighted by atomic mass is 16.2. The highest BCUT2D eigenvalue weighted by Gasteiger charge is 2.26. The molecule has 1 saturated heterocycles. The predicted octanol–water partition coefficient (Wildman–Crippen LogP) is 1.77. The first-order chi connectivity index (χ1) is 16.2. The second-order valence-corrected chi connectivity index (χ2v) is 7.87. The van der Waals surface area contributed by atoms with Crippen molar-refractivity contribution in [1.29, 1.82) is 0 Å². The van der Waals surface area contributed by atoms with E-state index >= 15 is 0 Å². The van der Waals surface area contributed by atoms with Crippen molar-refractivity contribution in [2.75, 3.05) is 37.6 Å². The lowest BCUT2D eigenvalue weighted by Crippen LogP contribution is -2.50. The number of amides is 2. The molecule has 0 radical (unpaired) electrons. The molecular formula is C25H28N6O2. The number of aromatic nitrogens is 2. The molecule has 170 valence electrons. The predicted molar refractivity (Wildman–Crippen MR) is 126 cm³/mol. The Labute approximate surface area is 193 Å². The standard InChI is InChI=1S/C25H28N6O2/c32-24(28-18-21-8-4-5-12-27-21)25(33)29-19-23(20-7-6-11-26-17-20)31-15-13-30(14-16-31)22-9-2-1-3-10-22/h1-12,17,23H,13-16,18-19H2,(H,28,32)(H,29,33)/t23-/m0/s1. The summed E-state index contributed by atoms with van der Waals surface area (Å²) in [7, 11) is 0. The third kappa shape index (κ3) is 6.14. The van der Waals surface area contributed by atoms with Crippen molar-refractivity contribution in [2.24, 2.45) is 0 Å². The summed E-state index contributed by atoms with van der Waals surface area (Å²) in [6.45, 7) is 4.00. The van der Waals surface area contributed by atoms with Crippen molar-refractivity contribution >= 4 is 17.5 Å². The molecule has 0 bridgehead atoms. The summed E-state index contributed by atoms with van der Waals surface area (Å²) in [5.74, 6) is -1.32. The van der Waals surface area contributed by atoms with Crippen LogP contribution in [0.25, 0.3) is 0 Å². The molecule has 3 aromatic rings. The average molecular weight is 445 g/mol. The summed E-state index contributed by atoms with van der Waals surface area (Å²) in [6.07, 6.45) is 5.21. The molecule has 2 aromatic heterocycles. The lowest BCUT2D eigenvalue weighted by Gasteiger charge is -2.40. The highest BCUT2D eigenvalue weighted by Crippen LogP contribution is 2.23. The van der Waals surface area contributed by atoms with Crippen LogP contribution in [0, 0.1) is 0 Å². The number of piperazine rings is 1. The zero-order valence-electron chi connectivity index (χ0n) is 18.4. The van der Waals surface area contributed by atoms with Crippen LogP contribution in [0.1, 0.15) is 17.3 Å². The Morgan fingerprint density at radius 1 is 0.848 bits per heavy atom. The van der Waals surface area contributed by atoms with Crippen LogP contribution in [-0.2, 0) is 16.1 Å². The molecule has 4 rings (SSSR count). The Balaban J connectivity index is 1.34. The van der Waals surface area contributed by atoms with E-state index in [1.165, 1.54) is 5.69 Å². The second-order valence-electron chi connectivity index (χ2n) is 7.87. The molecule has 1 aliphatic heterocycles. The number of carbonyl (C=O) groups is 2. The number of para-hydroxylation sites is 1. The van der Waals surface area contributed by atoms with E-state index in [1.54, 1.807) is 24.5 Å². The van der Waals surface area contributed by atoms with Gasteiger partial charge in [0.2, 0.25) is 0 Å². The molecule has 3 heterocycles. The fraction of sp³-hybridized carbons (Fsp3) is 0.280. The molecule has 8 heteroatoms. The molecular weight excluding hydrogens is 416 g/mol.